The van der Waals surface area contributed by atoms with Crippen LogP contribution in [0.1, 0.15) is 43.1 Å². The zero-order valence-electron chi connectivity index (χ0n) is 20.5. The first kappa shape index (κ1) is 24.2. The number of nitrogens with one attached hydrogen (secondary N) is 1. The summed E-state index contributed by atoms with van der Waals surface area (Å²) < 4.78 is 6.42. The van der Waals surface area contributed by atoms with E-state index in [2.05, 4.69) is 14.3 Å². The number of para-hydroxylation sites is 2. The third-order valence-corrected chi connectivity index (χ3v) is 8.68. The molecule has 4 aromatic rings. The minimum Gasteiger partial charge on any atom is -0.347 e. The number of aromatic nitrogens is 4. The average Bonchev–Trinajstić information content (AvgIpc) is 3.53. The second-order valence-corrected chi connectivity index (χ2v) is 11.1. The van der Waals surface area contributed by atoms with Gasteiger partial charge in [0.25, 0.3) is 0 Å². The van der Waals surface area contributed by atoms with Gasteiger partial charge in [0.15, 0.2) is 0 Å². The summed E-state index contributed by atoms with van der Waals surface area (Å²) in [7, 11) is 0. The molecule has 1 N–H and O–H groups in total. The molecule has 2 aromatic heterocycles. The number of likely N-dealkylation sites (tertiary alicyclic amines) is 1. The highest BCUT2D eigenvalue weighted by atomic mass is 35.5. The molecule has 2 fully saturated rings. The number of imidazole rings is 1. The smallest absolute Gasteiger partial charge is 0.326 e. The van der Waals surface area contributed by atoms with E-state index in [1.54, 1.807) is 0 Å². The van der Waals surface area contributed by atoms with E-state index in [0.29, 0.717) is 19.5 Å². The molecule has 0 radical (unpaired) electrons. The third kappa shape index (κ3) is 5.02. The first-order valence-electron chi connectivity index (χ1n) is 12.8. The van der Waals surface area contributed by atoms with Gasteiger partial charge in [0.05, 0.1) is 11.0 Å². The normalized spacial score (nSPS) is 17.5. The lowest BCUT2D eigenvalue weighted by Crippen LogP contribution is -2.46. The summed E-state index contributed by atoms with van der Waals surface area (Å²) in [5.41, 5.74) is 2.88. The Morgan fingerprint density at radius 1 is 1.00 bits per heavy atom. The summed E-state index contributed by atoms with van der Waals surface area (Å²) in [6.45, 7) is 3.01. The van der Waals surface area contributed by atoms with Crippen molar-refractivity contribution in [2.75, 3.05) is 31.1 Å². The molecule has 1 amide bonds. The summed E-state index contributed by atoms with van der Waals surface area (Å²) >= 11 is 7.41. The molecule has 37 heavy (non-hydrogen) atoms. The average molecular weight is 537 g/mol. The summed E-state index contributed by atoms with van der Waals surface area (Å²) in [5.74, 6) is 1.12. The fourth-order valence-corrected chi connectivity index (χ4v) is 6.45. The van der Waals surface area contributed by atoms with Crippen LogP contribution >= 0.6 is 23.1 Å². The molecule has 0 saturated carbocycles. The number of aromatic amines is 1. The predicted octanol–water partition coefficient (Wildman–Crippen LogP) is 4.51. The predicted molar refractivity (Wildman–Crippen MR) is 147 cm³/mol. The molecule has 2 aromatic carbocycles. The van der Waals surface area contributed by atoms with Crippen LogP contribution < -0.4 is 10.6 Å². The van der Waals surface area contributed by atoms with Crippen LogP contribution in [-0.4, -0.2) is 55.9 Å². The van der Waals surface area contributed by atoms with Gasteiger partial charge >= 0.3 is 5.69 Å². The number of nitrogens with zero attached hydrogens (tertiary/aromatic N) is 5. The van der Waals surface area contributed by atoms with Gasteiger partial charge in [-0.1, -0.05) is 35.9 Å². The van der Waals surface area contributed by atoms with Gasteiger partial charge in [-0.3, -0.25) is 9.36 Å². The number of amides is 1. The van der Waals surface area contributed by atoms with E-state index in [1.165, 1.54) is 11.5 Å². The van der Waals surface area contributed by atoms with Crippen molar-refractivity contribution in [1.82, 2.24) is 23.8 Å². The number of carbonyl (C=O) groups is 1. The number of piperidine rings is 2. The number of anilines is 1. The van der Waals surface area contributed by atoms with Crippen molar-refractivity contribution in [3.05, 3.63) is 75.4 Å². The molecule has 4 heterocycles. The summed E-state index contributed by atoms with van der Waals surface area (Å²) in [5, 5.41) is 1.65. The van der Waals surface area contributed by atoms with E-state index >= 15 is 0 Å². The Morgan fingerprint density at radius 3 is 2.49 bits per heavy atom. The number of rotatable bonds is 5. The zero-order chi connectivity index (χ0) is 25.4. The van der Waals surface area contributed by atoms with E-state index in [0.717, 1.165) is 71.3 Å². The summed E-state index contributed by atoms with van der Waals surface area (Å²) in [4.78, 5) is 37.8. The Labute approximate surface area is 224 Å². The van der Waals surface area contributed by atoms with Crippen LogP contribution in [0.15, 0.2) is 53.3 Å². The highest BCUT2D eigenvalue weighted by Gasteiger charge is 2.32. The van der Waals surface area contributed by atoms with Gasteiger partial charge in [0.2, 0.25) is 11.0 Å². The number of benzene rings is 2. The SMILES string of the molecule is O=C(C1CCN(c2nc(Cc3ccc(Cl)cc3)ns2)CC1)N1CCC(n2c(=O)[nH]c3ccccc32)CC1. The lowest BCUT2D eigenvalue weighted by molar-refractivity contribution is -0.137. The number of hydrogen-bond donors (Lipinski definition) is 1. The highest BCUT2D eigenvalue weighted by Crippen LogP contribution is 2.29. The van der Waals surface area contributed by atoms with Gasteiger partial charge in [-0.05, 0) is 55.5 Å². The first-order chi connectivity index (χ1) is 18.0. The topological polar surface area (TPSA) is 87.1 Å². The van der Waals surface area contributed by atoms with Gasteiger partial charge in [-0.15, -0.1) is 0 Å². The fraction of sp³-hybridized carbons (Fsp3) is 0.407. The molecule has 0 atom stereocenters. The molecular formula is C27H29ClN6O2S. The lowest BCUT2D eigenvalue weighted by Gasteiger charge is -2.37. The molecule has 2 aliphatic heterocycles. The third-order valence-electron chi connectivity index (χ3n) is 7.61. The molecule has 192 valence electrons. The van der Waals surface area contributed by atoms with Gasteiger partial charge in [0.1, 0.15) is 5.82 Å². The van der Waals surface area contributed by atoms with Gasteiger partial charge in [0, 0.05) is 61.1 Å². The quantitative estimate of drug-likeness (QED) is 0.405. The molecule has 10 heteroatoms. The van der Waals surface area contributed by atoms with Gasteiger partial charge in [-0.25, -0.2) is 9.78 Å². The molecule has 0 unspecified atom stereocenters. The molecule has 2 saturated heterocycles. The van der Waals surface area contributed by atoms with E-state index < -0.39 is 0 Å². The maximum Gasteiger partial charge on any atom is 0.326 e. The minimum absolute atomic E-state index is 0.0464. The van der Waals surface area contributed by atoms with E-state index in [4.69, 9.17) is 16.6 Å². The highest BCUT2D eigenvalue weighted by molar-refractivity contribution is 7.09. The van der Waals surface area contributed by atoms with Crippen LogP contribution in [0.5, 0.6) is 0 Å². The Balaban J connectivity index is 1.02. The van der Waals surface area contributed by atoms with Gasteiger partial charge < -0.3 is 14.8 Å². The standard InChI is InChI=1S/C27H29ClN6O2S/c28-20-7-5-18(6-8-20)17-24-30-27(37-31-24)33-13-9-19(10-14-33)25(35)32-15-11-21(12-16-32)34-23-4-2-1-3-22(23)29-26(34)36/h1-8,19,21H,9-17H2,(H,29,36). The van der Waals surface area contributed by atoms with Crippen LogP contribution in [-0.2, 0) is 11.2 Å². The van der Waals surface area contributed by atoms with Gasteiger partial charge in [-0.2, -0.15) is 4.37 Å². The monoisotopic (exact) mass is 536 g/mol. The van der Waals surface area contributed by atoms with Crippen LogP contribution in [0.25, 0.3) is 11.0 Å². The Hall–Kier alpha value is -3.17. The molecule has 0 bridgehead atoms. The van der Waals surface area contributed by atoms with Crippen molar-refractivity contribution in [2.24, 2.45) is 5.92 Å². The number of carbonyl (C=O) groups excluding carboxylic acids is 1. The maximum absolute atomic E-state index is 13.3. The Kier molecular flexibility index (Phi) is 6.73. The zero-order valence-corrected chi connectivity index (χ0v) is 22.0. The molecular weight excluding hydrogens is 508 g/mol. The van der Waals surface area contributed by atoms with Crippen molar-refractivity contribution < 1.29 is 4.79 Å². The molecule has 0 aliphatic carbocycles. The Bertz CT molecular complexity index is 1450. The fourth-order valence-electron chi connectivity index (χ4n) is 5.59. The minimum atomic E-state index is -0.0636. The lowest BCUT2D eigenvalue weighted by atomic mass is 9.94. The Morgan fingerprint density at radius 2 is 1.73 bits per heavy atom. The molecule has 8 nitrogen and oxygen atoms in total. The van der Waals surface area contributed by atoms with Crippen molar-refractivity contribution in [3.63, 3.8) is 0 Å². The van der Waals surface area contributed by atoms with Crippen LogP contribution in [0.2, 0.25) is 5.02 Å². The van der Waals surface area contributed by atoms with Crippen LogP contribution in [0.3, 0.4) is 0 Å². The number of hydrogen-bond acceptors (Lipinski definition) is 6. The van der Waals surface area contributed by atoms with Crippen LogP contribution in [0.4, 0.5) is 5.13 Å². The van der Waals surface area contributed by atoms with E-state index in [9.17, 15) is 9.59 Å². The second kappa shape index (κ2) is 10.3. The van der Waals surface area contributed by atoms with E-state index in [1.807, 2.05) is 58.0 Å². The number of H-pyrrole nitrogens is 1. The largest absolute Gasteiger partial charge is 0.347 e. The number of halogens is 1. The van der Waals surface area contributed by atoms with Crippen LogP contribution in [0, 0.1) is 5.92 Å². The second-order valence-electron chi connectivity index (χ2n) is 9.93. The van der Waals surface area contributed by atoms with E-state index in [-0.39, 0.29) is 23.6 Å². The van der Waals surface area contributed by atoms with Crippen molar-refractivity contribution in [2.45, 2.75) is 38.1 Å². The molecule has 6 rings (SSSR count). The van der Waals surface area contributed by atoms with Crippen molar-refractivity contribution in [3.8, 4) is 0 Å². The molecule has 0 spiro atoms. The number of fused-ring (bicyclic) bond motifs is 1. The first-order valence-corrected chi connectivity index (χ1v) is 14.0. The maximum atomic E-state index is 13.3. The van der Waals surface area contributed by atoms with Crippen molar-refractivity contribution >= 4 is 45.2 Å². The summed E-state index contributed by atoms with van der Waals surface area (Å²) in [6, 6.07) is 15.7. The summed E-state index contributed by atoms with van der Waals surface area (Å²) in [6.07, 6.45) is 3.93. The molecule has 2 aliphatic rings. The van der Waals surface area contributed by atoms with Crippen molar-refractivity contribution in [1.29, 1.82) is 0 Å².